The summed E-state index contributed by atoms with van der Waals surface area (Å²) < 4.78 is 0.813. The maximum Gasteiger partial charge on any atom is 0.306 e. The molecule has 19 heavy (non-hydrogen) atoms. The fourth-order valence-corrected chi connectivity index (χ4v) is 2.72. The van der Waals surface area contributed by atoms with Gasteiger partial charge in [0.05, 0.1) is 11.5 Å². The summed E-state index contributed by atoms with van der Waals surface area (Å²) in [5.41, 5.74) is 6.61. The van der Waals surface area contributed by atoms with E-state index in [1.165, 1.54) is 0 Å². The molecule has 1 saturated carbocycles. The lowest BCUT2D eigenvalue weighted by molar-refractivity contribution is -0.141. The Hall–Kier alpha value is -1.56. The maximum absolute atomic E-state index is 12.1. The highest BCUT2D eigenvalue weighted by Gasteiger charge is 2.30. The van der Waals surface area contributed by atoms with Crippen molar-refractivity contribution in [1.29, 1.82) is 0 Å². The maximum atomic E-state index is 12.1. The predicted octanol–water partition coefficient (Wildman–Crippen LogP) is 2.01. The molecule has 1 aromatic rings. The Morgan fingerprint density at radius 1 is 1.37 bits per heavy atom. The molecule has 1 amide bonds. The fraction of sp³-hybridized carbons (Fsp3) is 0.385. The molecule has 1 aliphatic rings. The molecule has 1 aromatic carbocycles. The van der Waals surface area contributed by atoms with Crippen LogP contribution in [0.1, 0.15) is 29.6 Å². The minimum Gasteiger partial charge on any atom is -0.481 e. The van der Waals surface area contributed by atoms with Gasteiger partial charge in [-0.2, -0.15) is 0 Å². The Bertz CT molecular complexity index is 519. The second-order valence-electron chi connectivity index (χ2n) is 4.75. The standard InChI is InChI=1S/C13H15BrN2O3/c14-8-2-4-10(11(15)6-8)12(17)16-9-3-1-7(5-9)13(18)19/h2,4,6-7,9H,1,3,5,15H2,(H,16,17)(H,18,19)/t7-,9+/m1/s1. The lowest BCUT2D eigenvalue weighted by Crippen LogP contribution is -2.33. The molecule has 1 fully saturated rings. The Kier molecular flexibility index (Phi) is 4.09. The number of carbonyl (C=O) groups is 2. The summed E-state index contributed by atoms with van der Waals surface area (Å²) in [7, 11) is 0. The molecule has 0 aromatic heterocycles. The first-order chi connectivity index (χ1) is 8.97. The number of amides is 1. The normalized spacial score (nSPS) is 22.2. The lowest BCUT2D eigenvalue weighted by atomic mass is 10.1. The molecule has 102 valence electrons. The average molecular weight is 327 g/mol. The van der Waals surface area contributed by atoms with Crippen molar-refractivity contribution < 1.29 is 14.7 Å². The highest BCUT2D eigenvalue weighted by atomic mass is 79.9. The van der Waals surface area contributed by atoms with Crippen LogP contribution in [0, 0.1) is 5.92 Å². The van der Waals surface area contributed by atoms with Crippen molar-refractivity contribution in [3.05, 3.63) is 28.2 Å². The third kappa shape index (κ3) is 3.26. The Balaban J connectivity index is 2.00. The van der Waals surface area contributed by atoms with Gasteiger partial charge >= 0.3 is 5.97 Å². The van der Waals surface area contributed by atoms with Crippen molar-refractivity contribution in [2.75, 3.05) is 5.73 Å². The van der Waals surface area contributed by atoms with Crippen LogP contribution in [0.2, 0.25) is 0 Å². The van der Waals surface area contributed by atoms with Gasteiger partial charge < -0.3 is 16.2 Å². The summed E-state index contributed by atoms with van der Waals surface area (Å²) in [4.78, 5) is 22.9. The first kappa shape index (κ1) is 13.9. The van der Waals surface area contributed by atoms with E-state index < -0.39 is 5.97 Å². The number of anilines is 1. The van der Waals surface area contributed by atoms with Crippen LogP contribution in [0.15, 0.2) is 22.7 Å². The minimum atomic E-state index is -0.792. The quantitative estimate of drug-likeness (QED) is 0.741. The third-order valence-electron chi connectivity index (χ3n) is 3.38. The molecular formula is C13H15BrN2O3. The molecule has 5 nitrogen and oxygen atoms in total. The van der Waals surface area contributed by atoms with Crippen LogP contribution in [0.5, 0.6) is 0 Å². The number of aliphatic carboxylic acids is 1. The zero-order valence-corrected chi connectivity index (χ0v) is 11.8. The number of hydrogen-bond donors (Lipinski definition) is 3. The number of hydrogen-bond acceptors (Lipinski definition) is 3. The summed E-state index contributed by atoms with van der Waals surface area (Å²) >= 11 is 3.28. The number of nitrogens with two attached hydrogens (primary N) is 1. The largest absolute Gasteiger partial charge is 0.481 e. The van der Waals surface area contributed by atoms with Gasteiger partial charge in [-0.05, 0) is 37.5 Å². The highest BCUT2D eigenvalue weighted by molar-refractivity contribution is 9.10. The average Bonchev–Trinajstić information content (AvgIpc) is 2.77. The zero-order chi connectivity index (χ0) is 14.0. The van der Waals surface area contributed by atoms with Crippen molar-refractivity contribution in [3.8, 4) is 0 Å². The molecule has 0 spiro atoms. The first-order valence-electron chi connectivity index (χ1n) is 6.06. The van der Waals surface area contributed by atoms with Gasteiger partial charge in [-0.15, -0.1) is 0 Å². The second kappa shape index (κ2) is 5.61. The van der Waals surface area contributed by atoms with Crippen LogP contribution in [-0.4, -0.2) is 23.0 Å². The highest BCUT2D eigenvalue weighted by Crippen LogP contribution is 2.26. The Morgan fingerprint density at radius 2 is 2.11 bits per heavy atom. The number of carbonyl (C=O) groups excluding carboxylic acids is 1. The topological polar surface area (TPSA) is 92.4 Å². The van der Waals surface area contributed by atoms with E-state index in [2.05, 4.69) is 21.2 Å². The van der Waals surface area contributed by atoms with Crippen LogP contribution in [0.3, 0.4) is 0 Å². The summed E-state index contributed by atoms with van der Waals surface area (Å²) in [6.45, 7) is 0. The van der Waals surface area contributed by atoms with Crippen molar-refractivity contribution in [1.82, 2.24) is 5.32 Å². The molecule has 4 N–H and O–H groups in total. The van der Waals surface area contributed by atoms with Crippen molar-refractivity contribution in [2.45, 2.75) is 25.3 Å². The predicted molar refractivity (Wildman–Crippen MR) is 74.8 cm³/mol. The smallest absolute Gasteiger partial charge is 0.306 e. The van der Waals surface area contributed by atoms with Crippen LogP contribution >= 0.6 is 15.9 Å². The summed E-state index contributed by atoms with van der Waals surface area (Å²) in [5.74, 6) is -1.39. The molecule has 0 unspecified atom stereocenters. The SMILES string of the molecule is Nc1cc(Br)ccc1C(=O)N[C@H]1CC[C@@H](C(=O)O)C1. The van der Waals surface area contributed by atoms with Gasteiger partial charge in [0, 0.05) is 16.2 Å². The van der Waals surface area contributed by atoms with Gasteiger partial charge in [0.1, 0.15) is 0 Å². The number of benzene rings is 1. The monoisotopic (exact) mass is 326 g/mol. The summed E-state index contributed by atoms with van der Waals surface area (Å²) in [5, 5.41) is 11.8. The second-order valence-corrected chi connectivity index (χ2v) is 5.67. The van der Waals surface area contributed by atoms with Gasteiger partial charge in [-0.3, -0.25) is 9.59 Å². The summed E-state index contributed by atoms with van der Waals surface area (Å²) in [6.07, 6.45) is 1.78. The van der Waals surface area contributed by atoms with Crippen molar-refractivity contribution in [3.63, 3.8) is 0 Å². The molecule has 6 heteroatoms. The Morgan fingerprint density at radius 3 is 2.68 bits per heavy atom. The molecule has 0 radical (unpaired) electrons. The van der Waals surface area contributed by atoms with Gasteiger partial charge in [0.2, 0.25) is 0 Å². The minimum absolute atomic E-state index is 0.0864. The van der Waals surface area contributed by atoms with Gasteiger partial charge in [0.15, 0.2) is 0 Å². The lowest BCUT2D eigenvalue weighted by Gasteiger charge is -2.13. The van der Waals surface area contributed by atoms with E-state index in [9.17, 15) is 9.59 Å². The van der Waals surface area contributed by atoms with E-state index in [1.54, 1.807) is 18.2 Å². The molecule has 1 aliphatic carbocycles. The van der Waals surface area contributed by atoms with E-state index >= 15 is 0 Å². The molecule has 0 heterocycles. The molecule has 2 rings (SSSR count). The van der Waals surface area contributed by atoms with E-state index in [0.717, 1.165) is 4.47 Å². The van der Waals surface area contributed by atoms with Gasteiger partial charge in [-0.25, -0.2) is 0 Å². The van der Waals surface area contributed by atoms with Crippen LogP contribution in [0.4, 0.5) is 5.69 Å². The van der Waals surface area contributed by atoms with Crippen LogP contribution < -0.4 is 11.1 Å². The summed E-state index contributed by atoms with van der Waals surface area (Å²) in [6, 6.07) is 4.98. The first-order valence-corrected chi connectivity index (χ1v) is 6.85. The number of carboxylic acids is 1. The van der Waals surface area contributed by atoms with Gasteiger partial charge in [-0.1, -0.05) is 15.9 Å². The number of carboxylic acid groups (broad SMARTS) is 1. The van der Waals surface area contributed by atoms with Gasteiger partial charge in [0.25, 0.3) is 5.91 Å². The van der Waals surface area contributed by atoms with Crippen molar-refractivity contribution in [2.24, 2.45) is 5.92 Å². The fourth-order valence-electron chi connectivity index (χ4n) is 2.34. The Labute approximate surface area is 119 Å². The zero-order valence-electron chi connectivity index (χ0n) is 10.2. The number of rotatable bonds is 3. The third-order valence-corrected chi connectivity index (χ3v) is 3.87. The number of nitrogen functional groups attached to an aromatic ring is 1. The molecule has 2 atom stereocenters. The van der Waals surface area contributed by atoms with E-state index in [4.69, 9.17) is 10.8 Å². The molecular weight excluding hydrogens is 312 g/mol. The van der Waals surface area contributed by atoms with E-state index in [-0.39, 0.29) is 17.9 Å². The van der Waals surface area contributed by atoms with Crippen LogP contribution in [-0.2, 0) is 4.79 Å². The van der Waals surface area contributed by atoms with E-state index in [1.807, 2.05) is 0 Å². The van der Waals surface area contributed by atoms with Crippen molar-refractivity contribution >= 4 is 33.5 Å². The van der Waals surface area contributed by atoms with E-state index in [0.29, 0.717) is 30.5 Å². The molecule has 0 aliphatic heterocycles. The molecule has 0 bridgehead atoms. The molecule has 0 saturated heterocycles. The number of halogens is 1. The van der Waals surface area contributed by atoms with Crippen LogP contribution in [0.25, 0.3) is 0 Å². The number of nitrogens with one attached hydrogen (secondary N) is 1.